The van der Waals surface area contributed by atoms with Gasteiger partial charge >= 0.3 is 11.9 Å². The lowest BCUT2D eigenvalue weighted by atomic mass is 10.2. The highest BCUT2D eigenvalue weighted by Gasteiger charge is 2.19. The van der Waals surface area contributed by atoms with Crippen LogP contribution in [0.4, 0.5) is 0 Å². The Morgan fingerprint density at radius 2 is 1.73 bits per heavy atom. The molecule has 1 atom stereocenters. The highest BCUT2D eigenvalue weighted by atomic mass is 16.5. The molecule has 0 aliphatic rings. The fraction of sp³-hybridized carbons (Fsp3) is 0.219. The Balaban J connectivity index is 1.20. The number of nitrogens with zero attached hydrogens (tertiary/aromatic N) is 3. The number of hydrogen-bond acceptors (Lipinski definition) is 6. The average Bonchev–Trinajstić information content (AvgIpc) is 3.69. The molecule has 1 amide bonds. The molecule has 5 aromatic rings. The highest BCUT2D eigenvalue weighted by Crippen LogP contribution is 2.25. The predicted molar refractivity (Wildman–Crippen MR) is 157 cm³/mol. The monoisotopic (exact) mass is 552 g/mol. The Morgan fingerprint density at radius 1 is 1.00 bits per heavy atom. The summed E-state index contributed by atoms with van der Waals surface area (Å²) >= 11 is 0. The van der Waals surface area contributed by atoms with E-state index >= 15 is 0 Å². The number of esters is 1. The number of rotatable bonds is 10. The van der Waals surface area contributed by atoms with Gasteiger partial charge in [0, 0.05) is 39.7 Å². The molecule has 210 valence electrons. The van der Waals surface area contributed by atoms with Crippen LogP contribution in [0.2, 0.25) is 0 Å². The number of nitrogens with one attached hydrogen (secondary N) is 1. The van der Waals surface area contributed by atoms with Crippen LogP contribution in [0.25, 0.3) is 16.6 Å². The van der Waals surface area contributed by atoms with E-state index in [0.717, 1.165) is 33.5 Å². The van der Waals surface area contributed by atoms with Crippen LogP contribution in [0.1, 0.15) is 53.2 Å². The van der Waals surface area contributed by atoms with Gasteiger partial charge in [0.15, 0.2) is 5.76 Å². The molecule has 0 radical (unpaired) electrons. The van der Waals surface area contributed by atoms with Crippen molar-refractivity contribution in [2.24, 2.45) is 5.10 Å². The van der Waals surface area contributed by atoms with Gasteiger partial charge in [0.05, 0.1) is 12.8 Å². The molecule has 2 aromatic carbocycles. The first-order valence-electron chi connectivity index (χ1n) is 13.4. The Morgan fingerprint density at radius 3 is 2.46 bits per heavy atom. The topological polar surface area (TPSA) is 100.0 Å². The third kappa shape index (κ3) is 5.94. The lowest BCUT2D eigenvalue weighted by Crippen LogP contribution is -2.18. The quantitative estimate of drug-likeness (QED) is 0.128. The average molecular weight is 553 g/mol. The number of hydrogen-bond donors (Lipinski definition) is 1. The number of hydrazone groups is 1. The van der Waals surface area contributed by atoms with Crippen LogP contribution in [0, 0.1) is 13.8 Å². The van der Waals surface area contributed by atoms with Gasteiger partial charge in [-0.15, -0.1) is 0 Å². The summed E-state index contributed by atoms with van der Waals surface area (Å²) in [6.45, 7) is 8.19. The summed E-state index contributed by atoms with van der Waals surface area (Å²) < 4.78 is 20.7. The predicted octanol–water partition coefficient (Wildman–Crippen LogP) is 6.11. The number of ether oxygens (including phenoxy) is 2. The number of carbonyl (C=O) groups is 2. The van der Waals surface area contributed by atoms with Crippen LogP contribution in [-0.2, 0) is 16.1 Å². The molecule has 5 rings (SSSR count). The van der Waals surface area contributed by atoms with Gasteiger partial charge in [-0.05, 0) is 82.3 Å². The fourth-order valence-corrected chi connectivity index (χ4v) is 4.75. The van der Waals surface area contributed by atoms with Gasteiger partial charge in [-0.25, -0.2) is 10.2 Å². The van der Waals surface area contributed by atoms with Gasteiger partial charge in [-0.1, -0.05) is 18.2 Å². The fourth-order valence-electron chi connectivity index (χ4n) is 4.75. The summed E-state index contributed by atoms with van der Waals surface area (Å²) in [7, 11) is 0. The number of aromatic nitrogens is 2. The molecule has 9 heteroatoms. The standard InChI is InChI=1S/C32H32N4O5/c1-5-39-32(38)23(4)35-19-24(28-8-6-7-9-29(28)35)18-33-34-31(37)30-17-16-27(41-30)20-40-26-14-12-25(13-15-26)36-21(2)10-11-22(36)3/h6-19,23H,5,20H2,1-4H3,(H,34,37)/b33-18+/t23-/m0/s1. The largest absolute Gasteiger partial charge is 0.486 e. The van der Waals surface area contributed by atoms with Crippen molar-refractivity contribution >= 4 is 29.0 Å². The van der Waals surface area contributed by atoms with E-state index in [-0.39, 0.29) is 18.3 Å². The SMILES string of the molecule is CCOC(=O)[C@H](C)n1cc(/C=N/NC(=O)c2ccc(COc3ccc(-n4c(C)ccc4C)cc3)o2)c2ccccc21. The maximum absolute atomic E-state index is 12.6. The normalized spacial score (nSPS) is 12.1. The minimum atomic E-state index is -0.508. The van der Waals surface area contributed by atoms with Crippen LogP contribution in [0.3, 0.4) is 0 Å². The van der Waals surface area contributed by atoms with Gasteiger partial charge in [0.1, 0.15) is 24.2 Å². The van der Waals surface area contributed by atoms with Crippen molar-refractivity contribution in [3.8, 4) is 11.4 Å². The summed E-state index contributed by atoms with van der Waals surface area (Å²) in [4.78, 5) is 24.9. The number of para-hydroxylation sites is 1. The van der Waals surface area contributed by atoms with Crippen LogP contribution in [0.5, 0.6) is 5.75 Å². The molecule has 0 bridgehead atoms. The molecule has 0 fully saturated rings. The first kappa shape index (κ1) is 27.5. The molecule has 0 aliphatic carbocycles. The van der Waals surface area contributed by atoms with Gasteiger partial charge < -0.3 is 23.0 Å². The number of fused-ring (bicyclic) bond motifs is 1. The number of benzene rings is 2. The Hall–Kier alpha value is -5.05. The number of amides is 1. The van der Waals surface area contributed by atoms with Crippen molar-refractivity contribution in [3.63, 3.8) is 0 Å². The molecule has 9 nitrogen and oxygen atoms in total. The van der Waals surface area contributed by atoms with E-state index in [1.807, 2.05) is 59.3 Å². The minimum absolute atomic E-state index is 0.119. The molecule has 0 saturated heterocycles. The van der Waals surface area contributed by atoms with Crippen molar-refractivity contribution < 1.29 is 23.5 Å². The Kier molecular flexibility index (Phi) is 8.05. The maximum Gasteiger partial charge on any atom is 0.328 e. The molecule has 0 aliphatic heterocycles. The molecule has 41 heavy (non-hydrogen) atoms. The van der Waals surface area contributed by atoms with Gasteiger partial charge in [-0.2, -0.15) is 5.10 Å². The molecular weight excluding hydrogens is 520 g/mol. The molecule has 3 heterocycles. The van der Waals surface area contributed by atoms with E-state index in [4.69, 9.17) is 13.9 Å². The lowest BCUT2D eigenvalue weighted by Gasteiger charge is -2.13. The van der Waals surface area contributed by atoms with E-state index in [9.17, 15) is 9.59 Å². The third-order valence-electron chi connectivity index (χ3n) is 6.82. The second-order valence-electron chi connectivity index (χ2n) is 9.64. The first-order chi connectivity index (χ1) is 19.9. The van der Waals surface area contributed by atoms with Gasteiger partial charge in [-0.3, -0.25) is 4.79 Å². The molecule has 0 unspecified atom stereocenters. The van der Waals surface area contributed by atoms with Gasteiger partial charge in [0.25, 0.3) is 0 Å². The van der Waals surface area contributed by atoms with E-state index < -0.39 is 11.9 Å². The van der Waals surface area contributed by atoms with Crippen molar-refractivity contribution in [1.82, 2.24) is 14.6 Å². The third-order valence-corrected chi connectivity index (χ3v) is 6.82. The van der Waals surface area contributed by atoms with Crippen molar-refractivity contribution in [2.45, 2.75) is 40.3 Å². The maximum atomic E-state index is 12.6. The lowest BCUT2D eigenvalue weighted by molar-refractivity contribution is -0.146. The zero-order valence-corrected chi connectivity index (χ0v) is 23.5. The zero-order chi connectivity index (χ0) is 28.9. The van der Waals surface area contributed by atoms with E-state index in [1.165, 1.54) is 0 Å². The smallest absolute Gasteiger partial charge is 0.328 e. The summed E-state index contributed by atoms with van der Waals surface area (Å²) in [6.07, 6.45) is 3.36. The minimum Gasteiger partial charge on any atom is -0.486 e. The van der Waals surface area contributed by atoms with Crippen LogP contribution in [-0.4, -0.2) is 33.8 Å². The molecule has 0 saturated carbocycles. The van der Waals surface area contributed by atoms with Crippen molar-refractivity contribution in [2.75, 3.05) is 6.61 Å². The molecular formula is C32H32N4O5. The van der Waals surface area contributed by atoms with E-state index in [0.29, 0.717) is 18.1 Å². The van der Waals surface area contributed by atoms with Crippen LogP contribution >= 0.6 is 0 Å². The number of carbonyl (C=O) groups excluding carboxylic acids is 2. The van der Waals surface area contributed by atoms with E-state index in [1.54, 1.807) is 32.2 Å². The molecule has 1 N–H and O–H groups in total. The van der Waals surface area contributed by atoms with Crippen molar-refractivity contribution in [1.29, 1.82) is 0 Å². The van der Waals surface area contributed by atoms with Crippen LogP contribution < -0.4 is 10.2 Å². The second-order valence-corrected chi connectivity index (χ2v) is 9.64. The van der Waals surface area contributed by atoms with Crippen LogP contribution in [0.15, 0.2) is 88.5 Å². The summed E-state index contributed by atoms with van der Waals surface area (Å²) in [5, 5.41) is 5.01. The Labute approximate surface area is 238 Å². The molecule has 3 aromatic heterocycles. The van der Waals surface area contributed by atoms with Gasteiger partial charge in [0.2, 0.25) is 0 Å². The first-order valence-corrected chi connectivity index (χ1v) is 13.4. The summed E-state index contributed by atoms with van der Waals surface area (Å²) in [6, 6.07) is 22.4. The summed E-state index contributed by atoms with van der Waals surface area (Å²) in [5.74, 6) is 0.517. The Bertz CT molecular complexity index is 1690. The second kappa shape index (κ2) is 12.0. The van der Waals surface area contributed by atoms with E-state index in [2.05, 4.69) is 41.1 Å². The zero-order valence-electron chi connectivity index (χ0n) is 23.5. The molecule has 0 spiro atoms. The highest BCUT2D eigenvalue weighted by molar-refractivity contribution is 6.00. The van der Waals surface area contributed by atoms with Crippen molar-refractivity contribution in [3.05, 3.63) is 107 Å². The number of furan rings is 1. The summed E-state index contributed by atoms with van der Waals surface area (Å²) in [5.41, 5.74) is 7.50. The number of aryl methyl sites for hydroxylation is 2.